The molecular formula is C22H17FN2O3. The average Bonchev–Trinajstić information content (AvgIpc) is 3.16. The maximum absolute atomic E-state index is 13.9. The second-order valence-electron chi connectivity index (χ2n) is 5.76. The lowest BCUT2D eigenvalue weighted by atomic mass is 10.1. The number of carbonyl (C=O) groups excluding carboxylic acids is 1. The van der Waals surface area contributed by atoms with Gasteiger partial charge >= 0.3 is 0 Å². The number of nitrogens with one attached hydrogen (secondary N) is 1. The predicted molar refractivity (Wildman–Crippen MR) is 104 cm³/mol. The number of carbonyl (C=O) groups is 1. The maximum atomic E-state index is 13.9. The number of amides is 1. The molecule has 3 aromatic rings. The van der Waals surface area contributed by atoms with Crippen LogP contribution in [0.4, 0.5) is 10.1 Å². The Balaban J connectivity index is 1.76. The van der Waals surface area contributed by atoms with Gasteiger partial charge in [-0.15, -0.1) is 0 Å². The minimum atomic E-state index is -0.574. The van der Waals surface area contributed by atoms with Gasteiger partial charge in [-0.25, -0.2) is 4.39 Å². The number of benzene rings is 2. The molecule has 1 amide bonds. The molecular weight excluding hydrogens is 359 g/mol. The summed E-state index contributed by atoms with van der Waals surface area (Å²) in [6, 6.07) is 18.0. The van der Waals surface area contributed by atoms with Crippen molar-refractivity contribution in [2.24, 2.45) is 0 Å². The van der Waals surface area contributed by atoms with Crippen molar-refractivity contribution in [1.29, 1.82) is 5.26 Å². The number of nitriles is 1. The normalized spacial score (nSPS) is 11.0. The molecule has 2 aromatic carbocycles. The Labute approximate surface area is 161 Å². The summed E-state index contributed by atoms with van der Waals surface area (Å²) < 4.78 is 24.8. The van der Waals surface area contributed by atoms with Crippen LogP contribution in [0.5, 0.6) is 5.75 Å². The number of furan rings is 1. The lowest BCUT2D eigenvalue weighted by Crippen LogP contribution is -2.13. The molecule has 0 saturated heterocycles. The van der Waals surface area contributed by atoms with Crippen molar-refractivity contribution in [1.82, 2.24) is 0 Å². The second kappa shape index (κ2) is 8.69. The van der Waals surface area contributed by atoms with E-state index in [1.165, 1.54) is 12.1 Å². The number of hydrogen-bond acceptors (Lipinski definition) is 4. The van der Waals surface area contributed by atoms with Gasteiger partial charge in [-0.1, -0.05) is 12.1 Å². The van der Waals surface area contributed by atoms with Gasteiger partial charge in [0.1, 0.15) is 34.7 Å². The summed E-state index contributed by atoms with van der Waals surface area (Å²) in [6.07, 6.45) is 1.31. The zero-order valence-corrected chi connectivity index (χ0v) is 15.1. The van der Waals surface area contributed by atoms with E-state index in [-0.39, 0.29) is 11.3 Å². The summed E-state index contributed by atoms with van der Waals surface area (Å²) in [5.74, 6) is 0.287. The van der Waals surface area contributed by atoms with Crippen molar-refractivity contribution in [2.75, 3.05) is 11.9 Å². The molecule has 140 valence electrons. The third kappa shape index (κ3) is 4.46. The highest BCUT2D eigenvalue weighted by atomic mass is 19.1. The zero-order chi connectivity index (χ0) is 19.9. The van der Waals surface area contributed by atoms with E-state index in [1.807, 2.05) is 13.0 Å². The minimum absolute atomic E-state index is 0.136. The molecule has 1 aromatic heterocycles. The summed E-state index contributed by atoms with van der Waals surface area (Å²) in [5.41, 5.74) is 0.698. The van der Waals surface area contributed by atoms with Gasteiger partial charge in [0, 0.05) is 11.8 Å². The molecule has 1 heterocycles. The molecule has 1 N–H and O–H groups in total. The number of hydrogen-bond donors (Lipinski definition) is 1. The van der Waals surface area contributed by atoms with Crippen molar-refractivity contribution in [3.05, 3.63) is 77.8 Å². The van der Waals surface area contributed by atoms with E-state index in [4.69, 9.17) is 9.15 Å². The Morgan fingerprint density at radius 3 is 2.61 bits per heavy atom. The van der Waals surface area contributed by atoms with E-state index in [1.54, 1.807) is 54.6 Å². The van der Waals surface area contributed by atoms with E-state index >= 15 is 0 Å². The largest absolute Gasteiger partial charge is 0.494 e. The standard InChI is InChI=1S/C22H17FN2O3/c1-2-27-17-9-7-16(8-10-17)25-22(26)15(14-24)13-18-11-12-21(28-18)19-5-3-4-6-20(19)23/h3-13H,2H2,1H3,(H,25,26)/b15-13+. The van der Waals surface area contributed by atoms with Gasteiger partial charge in [0.15, 0.2) is 0 Å². The summed E-state index contributed by atoms with van der Waals surface area (Å²) >= 11 is 0. The number of ether oxygens (including phenoxy) is 1. The van der Waals surface area contributed by atoms with Gasteiger partial charge in [0.2, 0.25) is 0 Å². The number of anilines is 1. The van der Waals surface area contributed by atoms with Gasteiger partial charge in [-0.2, -0.15) is 5.26 Å². The topological polar surface area (TPSA) is 75.3 Å². The molecule has 0 atom stereocenters. The highest BCUT2D eigenvalue weighted by Gasteiger charge is 2.13. The third-order valence-corrected chi connectivity index (χ3v) is 3.84. The minimum Gasteiger partial charge on any atom is -0.494 e. The zero-order valence-electron chi connectivity index (χ0n) is 15.1. The van der Waals surface area contributed by atoms with Crippen molar-refractivity contribution in [2.45, 2.75) is 6.92 Å². The molecule has 0 aliphatic heterocycles. The molecule has 0 radical (unpaired) electrons. The first-order valence-electron chi connectivity index (χ1n) is 8.61. The Hall–Kier alpha value is -3.85. The van der Waals surface area contributed by atoms with Crippen molar-refractivity contribution in [3.8, 4) is 23.1 Å². The Morgan fingerprint density at radius 1 is 1.18 bits per heavy atom. The fourth-order valence-corrected chi connectivity index (χ4v) is 2.53. The third-order valence-electron chi connectivity index (χ3n) is 3.84. The van der Waals surface area contributed by atoms with E-state index in [0.717, 1.165) is 0 Å². The molecule has 0 unspecified atom stereocenters. The van der Waals surface area contributed by atoms with Crippen LogP contribution in [0.2, 0.25) is 0 Å². The molecule has 0 aliphatic rings. The summed E-state index contributed by atoms with van der Waals surface area (Å²) in [6.45, 7) is 2.43. The lowest BCUT2D eigenvalue weighted by molar-refractivity contribution is -0.112. The maximum Gasteiger partial charge on any atom is 0.266 e. The fourth-order valence-electron chi connectivity index (χ4n) is 2.53. The van der Waals surface area contributed by atoms with E-state index < -0.39 is 11.7 Å². The van der Waals surface area contributed by atoms with Gasteiger partial charge in [0.05, 0.1) is 12.2 Å². The van der Waals surface area contributed by atoms with Crippen molar-refractivity contribution < 1.29 is 18.3 Å². The molecule has 0 fully saturated rings. The molecule has 6 heteroatoms. The van der Waals surface area contributed by atoms with Gasteiger partial charge in [0.25, 0.3) is 5.91 Å². The highest BCUT2D eigenvalue weighted by molar-refractivity contribution is 6.09. The van der Waals surface area contributed by atoms with Gasteiger partial charge in [-0.05, 0) is 55.5 Å². The summed E-state index contributed by atoms with van der Waals surface area (Å²) in [5, 5.41) is 12.0. The summed E-state index contributed by atoms with van der Waals surface area (Å²) in [4.78, 5) is 12.4. The average molecular weight is 376 g/mol. The van der Waals surface area contributed by atoms with Crippen LogP contribution in [0.15, 0.2) is 70.7 Å². The Bertz CT molecular complexity index is 1050. The van der Waals surface area contributed by atoms with Gasteiger partial charge in [-0.3, -0.25) is 4.79 Å². The second-order valence-corrected chi connectivity index (χ2v) is 5.76. The number of nitrogens with zero attached hydrogens (tertiary/aromatic N) is 1. The number of rotatable bonds is 6. The van der Waals surface area contributed by atoms with Crippen LogP contribution >= 0.6 is 0 Å². The van der Waals surface area contributed by atoms with E-state index in [2.05, 4.69) is 5.32 Å². The van der Waals surface area contributed by atoms with E-state index in [0.29, 0.717) is 29.4 Å². The van der Waals surface area contributed by atoms with Crippen LogP contribution in [-0.4, -0.2) is 12.5 Å². The van der Waals surface area contributed by atoms with Crippen LogP contribution in [0.1, 0.15) is 12.7 Å². The highest BCUT2D eigenvalue weighted by Crippen LogP contribution is 2.26. The molecule has 0 saturated carbocycles. The van der Waals surface area contributed by atoms with E-state index in [9.17, 15) is 14.4 Å². The Kier molecular flexibility index (Phi) is 5.87. The summed E-state index contributed by atoms with van der Waals surface area (Å²) in [7, 11) is 0. The molecule has 0 aliphatic carbocycles. The van der Waals surface area contributed by atoms with Crippen LogP contribution in [0.3, 0.4) is 0 Å². The fraction of sp³-hybridized carbons (Fsp3) is 0.0909. The van der Waals surface area contributed by atoms with Crippen LogP contribution in [-0.2, 0) is 4.79 Å². The van der Waals surface area contributed by atoms with Gasteiger partial charge < -0.3 is 14.5 Å². The predicted octanol–water partition coefficient (Wildman–Crippen LogP) is 5.03. The van der Waals surface area contributed by atoms with Crippen molar-refractivity contribution in [3.63, 3.8) is 0 Å². The smallest absolute Gasteiger partial charge is 0.266 e. The number of halogens is 1. The first kappa shape index (κ1) is 18.9. The van der Waals surface area contributed by atoms with Crippen molar-refractivity contribution >= 4 is 17.7 Å². The van der Waals surface area contributed by atoms with Crippen LogP contribution in [0, 0.1) is 17.1 Å². The SMILES string of the molecule is CCOc1ccc(NC(=O)/C(C#N)=C/c2ccc(-c3ccccc3F)o2)cc1. The monoisotopic (exact) mass is 376 g/mol. The first-order valence-corrected chi connectivity index (χ1v) is 8.61. The lowest BCUT2D eigenvalue weighted by Gasteiger charge is -2.06. The first-order chi connectivity index (χ1) is 13.6. The molecule has 0 spiro atoms. The molecule has 0 bridgehead atoms. The quantitative estimate of drug-likeness (QED) is 0.484. The molecule has 3 rings (SSSR count). The van der Waals surface area contributed by atoms with Crippen LogP contribution in [0.25, 0.3) is 17.4 Å². The Morgan fingerprint density at radius 2 is 1.93 bits per heavy atom. The van der Waals surface area contributed by atoms with Crippen LogP contribution < -0.4 is 10.1 Å². The molecule has 5 nitrogen and oxygen atoms in total. The molecule has 28 heavy (non-hydrogen) atoms.